The van der Waals surface area contributed by atoms with E-state index < -0.39 is 0 Å². The summed E-state index contributed by atoms with van der Waals surface area (Å²) in [7, 11) is 0. The van der Waals surface area contributed by atoms with E-state index in [1.54, 1.807) is 0 Å². The van der Waals surface area contributed by atoms with Crippen LogP contribution < -0.4 is 0 Å². The Bertz CT molecular complexity index is 128. The quantitative estimate of drug-likeness (QED) is 0.568. The van der Waals surface area contributed by atoms with E-state index in [2.05, 4.69) is 41.3 Å². The number of alkyl halides is 1. The molecule has 0 aromatic carbocycles. The largest absolute Gasteiger partial charge is 0.303 e. The molecule has 0 bridgehead atoms. The van der Waals surface area contributed by atoms with Gasteiger partial charge in [0.1, 0.15) is 0 Å². The Hall–Kier alpha value is 0.690. The van der Waals surface area contributed by atoms with Crippen LogP contribution in [0.2, 0.25) is 0 Å². The first-order valence-electron chi connectivity index (χ1n) is 4.98. The number of nitrogens with zero attached hydrogens (tertiary/aromatic N) is 1. The minimum atomic E-state index is 0.655. The van der Waals surface area contributed by atoms with E-state index in [9.17, 15) is 0 Å². The number of rotatable bonds is 3. The third-order valence-corrected chi connectivity index (χ3v) is 3.80. The summed E-state index contributed by atoms with van der Waals surface area (Å²) in [6, 6.07) is 0. The summed E-state index contributed by atoms with van der Waals surface area (Å²) in [5.74, 6) is 0. The van der Waals surface area contributed by atoms with Crippen LogP contribution in [0.15, 0.2) is 0 Å². The minimum Gasteiger partial charge on any atom is -0.303 e. The van der Waals surface area contributed by atoms with Gasteiger partial charge in [0.15, 0.2) is 0 Å². The van der Waals surface area contributed by atoms with E-state index >= 15 is 0 Å². The van der Waals surface area contributed by atoms with Gasteiger partial charge in [0.2, 0.25) is 0 Å². The van der Waals surface area contributed by atoms with Crippen LogP contribution in [-0.4, -0.2) is 29.0 Å². The van der Waals surface area contributed by atoms with Crippen LogP contribution in [0.5, 0.6) is 0 Å². The van der Waals surface area contributed by atoms with Crippen molar-refractivity contribution in [3.05, 3.63) is 0 Å². The topological polar surface area (TPSA) is 3.24 Å². The Balaban J connectivity index is 2.29. The molecule has 2 heteroatoms. The third-order valence-electron chi connectivity index (χ3n) is 3.32. The zero-order valence-electron chi connectivity index (χ0n) is 8.27. The van der Waals surface area contributed by atoms with E-state index in [-0.39, 0.29) is 0 Å². The summed E-state index contributed by atoms with van der Waals surface area (Å²) in [6.45, 7) is 8.71. The molecular formula is C10H20IN. The molecule has 1 nitrogen and oxygen atoms in total. The molecule has 0 spiro atoms. The smallest absolute Gasteiger partial charge is 0.0123 e. The van der Waals surface area contributed by atoms with E-state index in [0.29, 0.717) is 5.41 Å². The molecule has 0 aromatic rings. The van der Waals surface area contributed by atoms with Crippen LogP contribution in [0, 0.1) is 5.41 Å². The Kier molecular flexibility index (Phi) is 4.30. The number of hydrogen-bond acceptors (Lipinski definition) is 1. The number of likely N-dealkylation sites (tertiary alicyclic amines) is 1. The fourth-order valence-electron chi connectivity index (χ4n) is 1.79. The normalized spacial score (nSPS) is 24.2. The van der Waals surface area contributed by atoms with Gasteiger partial charge in [0, 0.05) is 11.0 Å². The molecule has 0 atom stereocenters. The molecule has 0 aliphatic carbocycles. The van der Waals surface area contributed by atoms with Gasteiger partial charge in [-0.2, -0.15) is 0 Å². The molecule has 1 aliphatic rings. The Labute approximate surface area is 90.0 Å². The lowest BCUT2D eigenvalue weighted by Crippen LogP contribution is -2.39. The maximum atomic E-state index is 2.60. The van der Waals surface area contributed by atoms with Crippen molar-refractivity contribution in [2.75, 3.05) is 24.1 Å². The highest BCUT2D eigenvalue weighted by Gasteiger charge is 2.27. The molecule has 1 aliphatic heterocycles. The predicted molar refractivity (Wildman–Crippen MR) is 63.0 cm³/mol. The molecule has 1 fully saturated rings. The molecule has 0 amide bonds. The lowest BCUT2D eigenvalue weighted by atomic mass is 9.78. The first-order chi connectivity index (χ1) is 5.70. The SMILES string of the molecule is CCC1(C)CCN(CCI)CC1. The van der Waals surface area contributed by atoms with Gasteiger partial charge in [-0.15, -0.1) is 0 Å². The lowest BCUT2D eigenvalue weighted by Gasteiger charge is -2.38. The minimum absolute atomic E-state index is 0.655. The van der Waals surface area contributed by atoms with E-state index in [1.165, 1.54) is 43.3 Å². The van der Waals surface area contributed by atoms with Crippen molar-refractivity contribution in [2.24, 2.45) is 5.41 Å². The maximum absolute atomic E-state index is 2.60. The van der Waals surface area contributed by atoms with Crippen molar-refractivity contribution in [3.8, 4) is 0 Å². The number of piperidine rings is 1. The number of halogens is 1. The molecule has 0 saturated carbocycles. The highest BCUT2D eigenvalue weighted by Crippen LogP contribution is 2.33. The maximum Gasteiger partial charge on any atom is 0.0123 e. The van der Waals surface area contributed by atoms with Crippen molar-refractivity contribution in [3.63, 3.8) is 0 Å². The molecule has 0 radical (unpaired) electrons. The zero-order valence-corrected chi connectivity index (χ0v) is 10.4. The van der Waals surface area contributed by atoms with Gasteiger partial charge in [-0.1, -0.05) is 42.9 Å². The molecule has 12 heavy (non-hydrogen) atoms. The molecular weight excluding hydrogens is 261 g/mol. The second kappa shape index (κ2) is 4.80. The highest BCUT2D eigenvalue weighted by molar-refractivity contribution is 14.1. The molecule has 0 aromatic heterocycles. The van der Waals surface area contributed by atoms with Gasteiger partial charge in [0.05, 0.1) is 0 Å². The molecule has 1 rings (SSSR count). The van der Waals surface area contributed by atoms with Crippen LogP contribution in [0.1, 0.15) is 33.1 Å². The Morgan fingerprint density at radius 1 is 1.33 bits per heavy atom. The summed E-state index contributed by atoms with van der Waals surface area (Å²) < 4.78 is 1.28. The molecule has 1 heterocycles. The summed E-state index contributed by atoms with van der Waals surface area (Å²) in [6.07, 6.45) is 4.16. The monoisotopic (exact) mass is 281 g/mol. The van der Waals surface area contributed by atoms with Crippen LogP contribution >= 0.6 is 22.6 Å². The van der Waals surface area contributed by atoms with Crippen LogP contribution in [0.25, 0.3) is 0 Å². The summed E-state index contributed by atoms with van der Waals surface area (Å²) in [5.41, 5.74) is 0.655. The average molecular weight is 281 g/mol. The summed E-state index contributed by atoms with van der Waals surface area (Å²) >= 11 is 2.47. The van der Waals surface area contributed by atoms with Crippen molar-refractivity contribution in [1.82, 2.24) is 4.90 Å². The van der Waals surface area contributed by atoms with Crippen molar-refractivity contribution < 1.29 is 0 Å². The van der Waals surface area contributed by atoms with Gasteiger partial charge < -0.3 is 4.90 Å². The second-order valence-electron chi connectivity index (χ2n) is 4.19. The first kappa shape index (κ1) is 10.8. The van der Waals surface area contributed by atoms with E-state index in [0.717, 1.165) is 0 Å². The Morgan fingerprint density at radius 2 is 1.92 bits per heavy atom. The van der Waals surface area contributed by atoms with E-state index in [1.807, 2.05) is 0 Å². The molecule has 72 valence electrons. The molecule has 0 unspecified atom stereocenters. The molecule has 1 saturated heterocycles. The lowest BCUT2D eigenvalue weighted by molar-refractivity contribution is 0.121. The van der Waals surface area contributed by atoms with Crippen LogP contribution in [0.3, 0.4) is 0 Å². The summed E-state index contributed by atoms with van der Waals surface area (Å²) in [4.78, 5) is 2.60. The third kappa shape index (κ3) is 2.87. The summed E-state index contributed by atoms with van der Waals surface area (Å²) in [5, 5.41) is 0. The van der Waals surface area contributed by atoms with Crippen molar-refractivity contribution in [2.45, 2.75) is 33.1 Å². The van der Waals surface area contributed by atoms with E-state index in [4.69, 9.17) is 0 Å². The van der Waals surface area contributed by atoms with Gasteiger partial charge in [0.25, 0.3) is 0 Å². The zero-order chi connectivity index (χ0) is 9.03. The Morgan fingerprint density at radius 3 is 2.33 bits per heavy atom. The second-order valence-corrected chi connectivity index (χ2v) is 5.27. The predicted octanol–water partition coefficient (Wildman–Crippen LogP) is 2.93. The first-order valence-corrected chi connectivity index (χ1v) is 6.51. The van der Waals surface area contributed by atoms with Crippen molar-refractivity contribution >= 4 is 22.6 Å². The van der Waals surface area contributed by atoms with Gasteiger partial charge in [-0.25, -0.2) is 0 Å². The van der Waals surface area contributed by atoms with Gasteiger partial charge >= 0.3 is 0 Å². The van der Waals surface area contributed by atoms with Gasteiger partial charge in [-0.05, 0) is 31.3 Å². The van der Waals surface area contributed by atoms with Crippen LogP contribution in [-0.2, 0) is 0 Å². The number of hydrogen-bond donors (Lipinski definition) is 0. The standard InChI is InChI=1S/C10H20IN/c1-3-10(2)4-7-12(8-5-10)9-6-11/h3-9H2,1-2H3. The average Bonchev–Trinajstić information content (AvgIpc) is 2.10. The van der Waals surface area contributed by atoms with Gasteiger partial charge in [-0.3, -0.25) is 0 Å². The van der Waals surface area contributed by atoms with Crippen LogP contribution in [0.4, 0.5) is 0 Å². The molecule has 0 N–H and O–H groups in total. The van der Waals surface area contributed by atoms with Crippen molar-refractivity contribution in [1.29, 1.82) is 0 Å². The fourth-order valence-corrected chi connectivity index (χ4v) is 2.47. The fraction of sp³-hybridized carbons (Fsp3) is 1.00. The highest BCUT2D eigenvalue weighted by atomic mass is 127.